The third-order valence-corrected chi connectivity index (χ3v) is 9.00. The van der Waals surface area contributed by atoms with Gasteiger partial charge in [0.15, 0.2) is 19.7 Å². The van der Waals surface area contributed by atoms with Crippen molar-refractivity contribution in [3.63, 3.8) is 0 Å². The number of benzene rings is 1. The van der Waals surface area contributed by atoms with E-state index in [-0.39, 0.29) is 35.0 Å². The van der Waals surface area contributed by atoms with E-state index >= 15 is 0 Å². The zero-order valence-corrected chi connectivity index (χ0v) is 14.6. The first-order chi connectivity index (χ1) is 9.84. The lowest BCUT2D eigenvalue weighted by atomic mass is 9.80. The summed E-state index contributed by atoms with van der Waals surface area (Å²) in [6.07, 6.45) is 0.636. The highest BCUT2D eigenvalue weighted by Gasteiger charge is 2.43. The lowest BCUT2D eigenvalue weighted by molar-refractivity contribution is 0.355. The first kappa shape index (κ1) is 15.5. The van der Waals surface area contributed by atoms with E-state index in [4.69, 9.17) is 0 Å². The van der Waals surface area contributed by atoms with Crippen molar-refractivity contribution in [3.8, 4) is 0 Å². The van der Waals surface area contributed by atoms with E-state index in [9.17, 15) is 16.8 Å². The number of sulfone groups is 2. The fourth-order valence-electron chi connectivity index (χ4n) is 3.56. The van der Waals surface area contributed by atoms with Crippen LogP contribution in [-0.4, -0.2) is 39.4 Å². The Morgan fingerprint density at radius 2 is 1.86 bits per heavy atom. The van der Waals surface area contributed by atoms with Gasteiger partial charge < -0.3 is 0 Å². The summed E-state index contributed by atoms with van der Waals surface area (Å²) in [4.78, 5) is 0.418. The fraction of sp³-hybridized carbons (Fsp3) is 0.571. The van der Waals surface area contributed by atoms with E-state index in [2.05, 4.69) is 15.9 Å². The molecule has 0 aromatic heterocycles. The molecule has 3 rings (SSSR count). The Morgan fingerprint density at radius 1 is 1.14 bits per heavy atom. The summed E-state index contributed by atoms with van der Waals surface area (Å²) in [5, 5.41) is 0.627. The molecule has 2 aliphatic heterocycles. The maximum Gasteiger partial charge on any atom is 0.179 e. The largest absolute Gasteiger partial charge is 0.229 e. The Bertz CT molecular complexity index is 755. The van der Waals surface area contributed by atoms with Crippen LogP contribution in [0, 0.1) is 11.8 Å². The smallest absolute Gasteiger partial charge is 0.179 e. The van der Waals surface area contributed by atoms with E-state index in [1.807, 2.05) is 12.1 Å². The maximum atomic E-state index is 12.3. The van der Waals surface area contributed by atoms with Crippen molar-refractivity contribution in [3.05, 3.63) is 29.8 Å². The average molecular weight is 393 g/mol. The molecule has 1 fully saturated rings. The van der Waals surface area contributed by atoms with Gasteiger partial charge in [0.1, 0.15) is 0 Å². The minimum Gasteiger partial charge on any atom is -0.229 e. The summed E-state index contributed by atoms with van der Waals surface area (Å²) in [5.74, 6) is 0.481. The number of fused-ring (bicyclic) bond motifs is 1. The molecule has 2 heterocycles. The summed E-state index contributed by atoms with van der Waals surface area (Å²) in [5.41, 5.74) is 0.853. The molecule has 0 aliphatic carbocycles. The van der Waals surface area contributed by atoms with Crippen molar-refractivity contribution in [2.45, 2.75) is 17.2 Å². The van der Waals surface area contributed by atoms with Crippen LogP contribution in [0.25, 0.3) is 0 Å². The molecule has 0 bridgehead atoms. The van der Waals surface area contributed by atoms with Crippen LogP contribution >= 0.6 is 15.9 Å². The predicted molar refractivity (Wildman–Crippen MR) is 85.3 cm³/mol. The summed E-state index contributed by atoms with van der Waals surface area (Å²) < 4.78 is 48.0. The maximum absolute atomic E-state index is 12.3. The van der Waals surface area contributed by atoms with Gasteiger partial charge in [-0.05, 0) is 29.9 Å². The zero-order chi connectivity index (χ0) is 15.3. The van der Waals surface area contributed by atoms with Crippen molar-refractivity contribution < 1.29 is 16.8 Å². The van der Waals surface area contributed by atoms with Gasteiger partial charge in [0.25, 0.3) is 0 Å². The lowest BCUT2D eigenvalue weighted by Crippen LogP contribution is -2.26. The van der Waals surface area contributed by atoms with E-state index in [1.165, 1.54) is 0 Å². The zero-order valence-electron chi connectivity index (χ0n) is 11.4. The predicted octanol–water partition coefficient (Wildman–Crippen LogP) is 2.00. The van der Waals surface area contributed by atoms with E-state index < -0.39 is 19.7 Å². The molecule has 0 amide bonds. The van der Waals surface area contributed by atoms with E-state index in [1.54, 1.807) is 12.1 Å². The van der Waals surface area contributed by atoms with Crippen LogP contribution in [-0.2, 0) is 19.7 Å². The molecular weight excluding hydrogens is 376 g/mol. The van der Waals surface area contributed by atoms with Gasteiger partial charge in [-0.3, -0.25) is 0 Å². The minimum atomic E-state index is -3.24. The van der Waals surface area contributed by atoms with Gasteiger partial charge >= 0.3 is 0 Å². The number of hydrogen-bond donors (Lipinski definition) is 0. The van der Waals surface area contributed by atoms with Gasteiger partial charge in [-0.1, -0.05) is 34.1 Å². The van der Waals surface area contributed by atoms with Gasteiger partial charge in [0.05, 0.1) is 22.2 Å². The third-order valence-electron chi connectivity index (χ3n) is 4.62. The Labute approximate surface area is 133 Å². The Hall–Kier alpha value is -0.400. The summed E-state index contributed by atoms with van der Waals surface area (Å²) >= 11 is 3.47. The Balaban J connectivity index is 1.97. The Kier molecular flexibility index (Phi) is 3.95. The molecule has 0 saturated carbocycles. The second kappa shape index (κ2) is 5.35. The molecule has 1 aromatic carbocycles. The minimum absolute atomic E-state index is 0.0423. The molecule has 0 radical (unpaired) electrons. The van der Waals surface area contributed by atoms with Crippen molar-refractivity contribution in [2.75, 3.05) is 22.6 Å². The number of alkyl halides is 1. The molecule has 116 valence electrons. The molecule has 3 atom stereocenters. The lowest BCUT2D eigenvalue weighted by Gasteiger charge is -2.26. The first-order valence-corrected chi connectivity index (χ1v) is 11.5. The topological polar surface area (TPSA) is 68.3 Å². The van der Waals surface area contributed by atoms with Crippen LogP contribution in [0.5, 0.6) is 0 Å². The third kappa shape index (κ3) is 2.80. The molecule has 4 nitrogen and oxygen atoms in total. The molecule has 3 unspecified atom stereocenters. The highest BCUT2D eigenvalue weighted by Crippen LogP contribution is 2.44. The van der Waals surface area contributed by atoms with Crippen LogP contribution in [0.1, 0.15) is 17.9 Å². The van der Waals surface area contributed by atoms with Crippen molar-refractivity contribution in [2.24, 2.45) is 11.8 Å². The quantitative estimate of drug-likeness (QED) is 0.737. The second-order valence-electron chi connectivity index (χ2n) is 5.91. The molecule has 0 spiro atoms. The number of rotatable bonds is 3. The van der Waals surface area contributed by atoms with Crippen molar-refractivity contribution in [1.29, 1.82) is 0 Å². The fourth-order valence-corrected chi connectivity index (χ4v) is 8.38. The highest BCUT2D eigenvalue weighted by atomic mass is 79.9. The van der Waals surface area contributed by atoms with Gasteiger partial charge in [0.2, 0.25) is 0 Å². The standard InChI is InChI=1S/C14H17BrO4S2/c15-7-12(10-5-6-20(16,17)8-10)13-9-21(18,19)14-4-2-1-3-11(13)14/h1-4,10,12-13H,5-9H2. The van der Waals surface area contributed by atoms with Crippen LogP contribution < -0.4 is 0 Å². The van der Waals surface area contributed by atoms with Crippen LogP contribution in [0.2, 0.25) is 0 Å². The molecule has 21 heavy (non-hydrogen) atoms. The Morgan fingerprint density at radius 3 is 2.48 bits per heavy atom. The molecular formula is C14H17BrO4S2. The second-order valence-corrected chi connectivity index (χ2v) is 10.8. The SMILES string of the molecule is O=S1(=O)CCC(C(CBr)C2CS(=O)(=O)c3ccccc32)C1. The van der Waals surface area contributed by atoms with E-state index in [0.29, 0.717) is 16.6 Å². The van der Waals surface area contributed by atoms with E-state index in [0.717, 1.165) is 5.56 Å². The molecule has 1 aromatic rings. The van der Waals surface area contributed by atoms with Crippen LogP contribution in [0.15, 0.2) is 29.2 Å². The molecule has 7 heteroatoms. The van der Waals surface area contributed by atoms with Crippen LogP contribution in [0.3, 0.4) is 0 Å². The van der Waals surface area contributed by atoms with Crippen molar-refractivity contribution in [1.82, 2.24) is 0 Å². The number of hydrogen-bond acceptors (Lipinski definition) is 4. The van der Waals surface area contributed by atoms with Crippen molar-refractivity contribution >= 4 is 35.6 Å². The molecule has 1 saturated heterocycles. The van der Waals surface area contributed by atoms with Gasteiger partial charge in [-0.2, -0.15) is 0 Å². The summed E-state index contributed by atoms with van der Waals surface area (Å²) in [7, 11) is -6.19. The van der Waals surface area contributed by atoms with Gasteiger partial charge in [0, 0.05) is 11.2 Å². The molecule has 0 N–H and O–H groups in total. The summed E-state index contributed by atoms with van der Waals surface area (Å²) in [6, 6.07) is 7.11. The van der Waals surface area contributed by atoms with Gasteiger partial charge in [-0.25, -0.2) is 16.8 Å². The number of halogens is 1. The normalized spacial score (nSPS) is 30.9. The average Bonchev–Trinajstić information content (AvgIpc) is 2.90. The van der Waals surface area contributed by atoms with Gasteiger partial charge in [-0.15, -0.1) is 0 Å². The monoisotopic (exact) mass is 392 g/mol. The van der Waals surface area contributed by atoms with Crippen LogP contribution in [0.4, 0.5) is 0 Å². The molecule has 2 aliphatic rings. The highest BCUT2D eigenvalue weighted by molar-refractivity contribution is 9.09. The summed E-state index contributed by atoms with van der Waals surface area (Å²) in [6.45, 7) is 0. The first-order valence-electron chi connectivity index (χ1n) is 6.92.